The van der Waals surface area contributed by atoms with E-state index in [0.29, 0.717) is 32.9 Å². The van der Waals surface area contributed by atoms with Crippen LogP contribution < -0.4 is 11.1 Å². The molecule has 0 unspecified atom stereocenters. The predicted molar refractivity (Wildman–Crippen MR) is 143 cm³/mol. The molecule has 0 aliphatic heterocycles. The molecule has 15 nitrogen and oxygen atoms in total. The number of carboxylic acids is 1. The maximum Gasteiger partial charge on any atom is 0.410 e. The smallest absolute Gasteiger partial charge is 0.410 e. The van der Waals surface area contributed by atoms with Crippen LogP contribution in [0.15, 0.2) is 0 Å². The Balaban J connectivity index is -0.000000558. The summed E-state index contributed by atoms with van der Waals surface area (Å²) in [7, 11) is 2.87. The molecule has 39 heavy (non-hydrogen) atoms. The Morgan fingerprint density at radius 2 is 1.15 bits per heavy atom. The molecule has 0 fully saturated rings. The first-order chi connectivity index (χ1) is 17.9. The van der Waals surface area contributed by atoms with Crippen molar-refractivity contribution in [3.63, 3.8) is 0 Å². The van der Waals surface area contributed by atoms with Gasteiger partial charge in [0, 0.05) is 27.2 Å². The quantitative estimate of drug-likeness (QED) is 0.183. The SMILES string of the molecule is CN(CC(=O)NCCOCCO)C(=O)OC(C)(C)C.CN(CC(=O)O)C(=O)OC(C)(C)C.NCCOCCO. The number of carbonyl (C=O) groups is 4. The average Bonchev–Trinajstić information content (AvgIpc) is 2.77. The number of nitrogens with zero attached hydrogens (tertiary/aromatic N) is 2. The van der Waals surface area contributed by atoms with Gasteiger partial charge >= 0.3 is 18.2 Å². The lowest BCUT2D eigenvalue weighted by molar-refractivity contribution is -0.138. The Bertz CT molecular complexity index is 676. The normalized spacial score (nSPS) is 10.6. The molecule has 0 bridgehead atoms. The number of carbonyl (C=O) groups excluding carboxylic acids is 3. The van der Waals surface area contributed by atoms with Crippen LogP contribution in [-0.4, -0.2) is 140 Å². The lowest BCUT2D eigenvalue weighted by Crippen LogP contribution is -2.41. The molecule has 0 radical (unpaired) electrons. The number of carboxylic acid groups (broad SMARTS) is 1. The molecular weight excluding hydrogens is 520 g/mol. The van der Waals surface area contributed by atoms with E-state index in [1.165, 1.54) is 19.0 Å². The zero-order valence-corrected chi connectivity index (χ0v) is 24.7. The van der Waals surface area contributed by atoms with E-state index in [0.717, 1.165) is 4.90 Å². The van der Waals surface area contributed by atoms with E-state index in [1.54, 1.807) is 41.5 Å². The second-order valence-electron chi connectivity index (χ2n) is 9.88. The molecule has 0 rings (SSSR count). The minimum atomic E-state index is -1.06. The predicted octanol–water partition coefficient (Wildman–Crippen LogP) is -0.130. The maximum atomic E-state index is 11.6. The number of hydrogen-bond donors (Lipinski definition) is 5. The number of likely N-dealkylation sites (N-methyl/N-ethyl adjacent to an activating group) is 2. The van der Waals surface area contributed by atoms with Gasteiger partial charge < -0.3 is 55.1 Å². The topological polar surface area (TPSA) is 210 Å². The zero-order valence-electron chi connectivity index (χ0n) is 24.7. The third-order valence-corrected chi connectivity index (χ3v) is 3.47. The zero-order chi connectivity index (χ0) is 31.1. The third-order valence-electron chi connectivity index (χ3n) is 3.47. The molecule has 0 saturated heterocycles. The number of aliphatic hydroxyl groups is 2. The standard InChI is InChI=1S/C12H24N2O5.C8H15NO4.C4H11NO2/c1-12(2,3)19-11(17)14(4)9-10(16)13-5-7-18-8-6-15;1-8(2,3)13-7(12)9(4)5-6(10)11;5-1-3-7-4-2-6/h15H,5-9H2,1-4H3,(H,13,16);5H2,1-4H3,(H,10,11);6H,1-5H2. The summed E-state index contributed by atoms with van der Waals surface area (Å²) in [6, 6.07) is 0. The van der Waals surface area contributed by atoms with E-state index < -0.39 is 29.4 Å². The van der Waals surface area contributed by atoms with Crippen LogP contribution in [0.1, 0.15) is 41.5 Å². The van der Waals surface area contributed by atoms with E-state index in [4.69, 9.17) is 40.0 Å². The van der Waals surface area contributed by atoms with Gasteiger partial charge in [-0.1, -0.05) is 0 Å². The molecule has 0 aromatic rings. The van der Waals surface area contributed by atoms with Gasteiger partial charge in [0.2, 0.25) is 5.91 Å². The van der Waals surface area contributed by atoms with E-state index >= 15 is 0 Å². The molecule has 0 spiro atoms. The minimum Gasteiger partial charge on any atom is -0.480 e. The highest BCUT2D eigenvalue weighted by molar-refractivity contribution is 5.82. The number of amides is 3. The van der Waals surface area contributed by atoms with Crippen molar-refractivity contribution < 1.29 is 53.4 Å². The van der Waals surface area contributed by atoms with Gasteiger partial charge in [0.05, 0.1) is 39.6 Å². The molecular formula is C24H50N4O11. The number of ether oxygens (including phenoxy) is 4. The van der Waals surface area contributed by atoms with Crippen LogP contribution in [0, 0.1) is 0 Å². The Kier molecular flexibility index (Phi) is 24.2. The largest absolute Gasteiger partial charge is 0.480 e. The summed E-state index contributed by atoms with van der Waals surface area (Å²) in [5.74, 6) is -1.35. The summed E-state index contributed by atoms with van der Waals surface area (Å²) >= 11 is 0. The summed E-state index contributed by atoms with van der Waals surface area (Å²) in [6.45, 7) is 12.4. The molecule has 232 valence electrons. The van der Waals surface area contributed by atoms with Gasteiger partial charge in [-0.05, 0) is 41.5 Å². The Morgan fingerprint density at radius 1 is 0.744 bits per heavy atom. The highest BCUT2D eigenvalue weighted by Gasteiger charge is 2.21. The Labute approximate surface area is 231 Å². The van der Waals surface area contributed by atoms with Gasteiger partial charge in [0.1, 0.15) is 24.3 Å². The highest BCUT2D eigenvalue weighted by Crippen LogP contribution is 2.09. The first kappa shape index (κ1) is 40.8. The number of rotatable bonds is 13. The first-order valence-electron chi connectivity index (χ1n) is 12.3. The Hall–Kier alpha value is -2.72. The van der Waals surface area contributed by atoms with Crippen molar-refractivity contribution in [3.8, 4) is 0 Å². The monoisotopic (exact) mass is 570 g/mol. The van der Waals surface area contributed by atoms with Crippen molar-refractivity contribution in [3.05, 3.63) is 0 Å². The van der Waals surface area contributed by atoms with Crippen LogP contribution in [-0.2, 0) is 28.5 Å². The Morgan fingerprint density at radius 3 is 1.51 bits per heavy atom. The molecule has 0 aliphatic carbocycles. The summed E-state index contributed by atoms with van der Waals surface area (Å²) in [6.07, 6.45) is -1.17. The van der Waals surface area contributed by atoms with Gasteiger partial charge in [-0.15, -0.1) is 0 Å². The second-order valence-corrected chi connectivity index (χ2v) is 9.88. The number of hydrogen-bond acceptors (Lipinski definition) is 11. The summed E-state index contributed by atoms with van der Waals surface area (Å²) in [4.78, 5) is 46.6. The maximum absolute atomic E-state index is 11.6. The fraction of sp³-hybridized carbons (Fsp3) is 0.833. The summed E-state index contributed by atoms with van der Waals surface area (Å²) in [5.41, 5.74) is 3.89. The van der Waals surface area contributed by atoms with Crippen LogP contribution in [0.4, 0.5) is 9.59 Å². The molecule has 3 amide bonds. The van der Waals surface area contributed by atoms with E-state index in [1.807, 2.05) is 0 Å². The molecule has 0 aliphatic rings. The number of nitrogens with two attached hydrogens (primary N) is 1. The highest BCUT2D eigenvalue weighted by atomic mass is 16.6. The van der Waals surface area contributed by atoms with Crippen molar-refractivity contribution in [2.24, 2.45) is 5.73 Å². The number of aliphatic hydroxyl groups excluding tert-OH is 2. The fourth-order valence-electron chi connectivity index (χ4n) is 1.96. The van der Waals surface area contributed by atoms with Crippen LogP contribution in [0.3, 0.4) is 0 Å². The fourth-order valence-corrected chi connectivity index (χ4v) is 1.96. The minimum absolute atomic E-state index is 0.0463. The molecule has 0 heterocycles. The van der Waals surface area contributed by atoms with Gasteiger partial charge in [-0.3, -0.25) is 9.59 Å². The van der Waals surface area contributed by atoms with Gasteiger partial charge in [-0.25, -0.2) is 9.59 Å². The van der Waals surface area contributed by atoms with Crippen LogP contribution in [0.5, 0.6) is 0 Å². The average molecular weight is 571 g/mol. The number of aliphatic carboxylic acids is 1. The van der Waals surface area contributed by atoms with E-state index in [9.17, 15) is 19.2 Å². The molecule has 0 atom stereocenters. The van der Waals surface area contributed by atoms with E-state index in [2.05, 4.69) is 5.32 Å². The number of nitrogens with one attached hydrogen (secondary N) is 1. The third kappa shape index (κ3) is 33.3. The summed E-state index contributed by atoms with van der Waals surface area (Å²) in [5, 5.41) is 27.6. The lowest BCUT2D eigenvalue weighted by atomic mass is 10.2. The van der Waals surface area contributed by atoms with Crippen molar-refractivity contribution in [1.82, 2.24) is 15.1 Å². The molecule has 15 heteroatoms. The van der Waals surface area contributed by atoms with Crippen molar-refractivity contribution in [2.45, 2.75) is 52.7 Å². The van der Waals surface area contributed by atoms with Crippen molar-refractivity contribution >= 4 is 24.1 Å². The van der Waals surface area contributed by atoms with Gasteiger partial charge in [-0.2, -0.15) is 0 Å². The van der Waals surface area contributed by atoms with Crippen molar-refractivity contribution in [2.75, 3.05) is 79.9 Å². The molecule has 0 saturated carbocycles. The summed E-state index contributed by atoms with van der Waals surface area (Å²) < 4.78 is 19.8. The van der Waals surface area contributed by atoms with Crippen LogP contribution in [0.25, 0.3) is 0 Å². The molecule has 0 aromatic heterocycles. The van der Waals surface area contributed by atoms with Gasteiger partial charge in [0.25, 0.3) is 0 Å². The lowest BCUT2D eigenvalue weighted by Gasteiger charge is -2.24. The molecule has 6 N–H and O–H groups in total. The van der Waals surface area contributed by atoms with Crippen molar-refractivity contribution in [1.29, 1.82) is 0 Å². The van der Waals surface area contributed by atoms with Crippen LogP contribution >= 0.6 is 0 Å². The molecule has 0 aromatic carbocycles. The van der Waals surface area contributed by atoms with E-state index in [-0.39, 0.29) is 38.8 Å². The van der Waals surface area contributed by atoms with Gasteiger partial charge in [0.15, 0.2) is 0 Å². The first-order valence-corrected chi connectivity index (χ1v) is 12.3. The second kappa shape index (κ2) is 23.2. The van der Waals surface area contributed by atoms with Crippen LogP contribution in [0.2, 0.25) is 0 Å².